The maximum Gasteiger partial charge on any atom is 0.371 e. The van der Waals surface area contributed by atoms with Crippen LogP contribution in [0.2, 0.25) is 0 Å². The van der Waals surface area contributed by atoms with Gasteiger partial charge in [0.2, 0.25) is 0 Å². The van der Waals surface area contributed by atoms with Crippen molar-refractivity contribution in [1.29, 1.82) is 0 Å². The van der Waals surface area contributed by atoms with E-state index in [1.54, 1.807) is 0 Å². The first-order valence-electron chi connectivity index (χ1n) is 9.65. The van der Waals surface area contributed by atoms with Crippen molar-refractivity contribution in [1.82, 2.24) is 20.2 Å². The van der Waals surface area contributed by atoms with Gasteiger partial charge < -0.3 is 10.1 Å². The van der Waals surface area contributed by atoms with E-state index in [0.29, 0.717) is 17.6 Å². The zero-order valence-electron chi connectivity index (χ0n) is 16.3. The normalized spacial score (nSPS) is 13.4. The number of methoxy groups -OCH3 is 1. The van der Waals surface area contributed by atoms with Gasteiger partial charge in [-0.3, -0.25) is 5.10 Å². The Balaban J connectivity index is 1.53. The largest absolute Gasteiger partial charge is 0.461 e. The standard InChI is InChI=1S/C22H19N5O2S/c1-29-22(28)30-15-6-4-5-14(11-15)20-23-17-8-3-2-7-16(17)21(25-20)24-19-12-18(26-27-19)13-9-10-13/h2-8,11-13H,9-10H2,1H3,(H2,23,24,25,26,27). The van der Waals surface area contributed by atoms with Crippen LogP contribution in [-0.2, 0) is 4.74 Å². The molecule has 0 aliphatic heterocycles. The molecule has 1 saturated carbocycles. The number of hydrogen-bond acceptors (Lipinski definition) is 7. The Morgan fingerprint density at radius 1 is 1.13 bits per heavy atom. The first-order valence-corrected chi connectivity index (χ1v) is 10.5. The number of carbonyl (C=O) groups excluding carboxylic acids is 1. The van der Waals surface area contributed by atoms with Crippen LogP contribution < -0.4 is 5.32 Å². The molecular weight excluding hydrogens is 398 g/mol. The van der Waals surface area contributed by atoms with Crippen LogP contribution in [0.1, 0.15) is 24.5 Å². The van der Waals surface area contributed by atoms with Crippen molar-refractivity contribution in [2.24, 2.45) is 0 Å². The third-order valence-corrected chi connectivity index (χ3v) is 5.75. The van der Waals surface area contributed by atoms with Crippen molar-refractivity contribution in [3.8, 4) is 11.4 Å². The van der Waals surface area contributed by atoms with Crippen molar-refractivity contribution in [2.45, 2.75) is 23.7 Å². The highest BCUT2D eigenvalue weighted by atomic mass is 32.2. The van der Waals surface area contributed by atoms with Gasteiger partial charge in [0.1, 0.15) is 5.82 Å². The van der Waals surface area contributed by atoms with Crippen molar-refractivity contribution in [3.05, 3.63) is 60.3 Å². The zero-order valence-corrected chi connectivity index (χ0v) is 17.1. The van der Waals surface area contributed by atoms with Gasteiger partial charge in [0.25, 0.3) is 0 Å². The van der Waals surface area contributed by atoms with Gasteiger partial charge in [0.05, 0.1) is 12.6 Å². The molecule has 30 heavy (non-hydrogen) atoms. The van der Waals surface area contributed by atoms with Crippen molar-refractivity contribution in [3.63, 3.8) is 0 Å². The predicted octanol–water partition coefficient (Wildman–Crippen LogP) is 5.50. The van der Waals surface area contributed by atoms with Gasteiger partial charge in [-0.2, -0.15) is 5.10 Å². The molecule has 0 radical (unpaired) electrons. The topological polar surface area (TPSA) is 92.8 Å². The number of nitrogens with one attached hydrogen (secondary N) is 2. The lowest BCUT2D eigenvalue weighted by molar-refractivity contribution is 0.200. The molecule has 0 spiro atoms. The third-order valence-electron chi connectivity index (χ3n) is 4.92. The van der Waals surface area contributed by atoms with Gasteiger partial charge >= 0.3 is 5.30 Å². The maximum atomic E-state index is 11.6. The molecule has 1 aliphatic rings. The number of H-pyrrole nitrogens is 1. The number of fused-ring (bicyclic) bond motifs is 1. The Morgan fingerprint density at radius 2 is 2.00 bits per heavy atom. The maximum absolute atomic E-state index is 11.6. The second kappa shape index (κ2) is 7.79. The highest BCUT2D eigenvalue weighted by Gasteiger charge is 2.25. The van der Waals surface area contributed by atoms with E-state index in [9.17, 15) is 4.79 Å². The van der Waals surface area contributed by atoms with E-state index in [-0.39, 0.29) is 5.30 Å². The quantitative estimate of drug-likeness (QED) is 0.327. The molecule has 2 N–H and O–H groups in total. The SMILES string of the molecule is COC(=O)Sc1cccc(-c2nc(Nc3cc(C4CC4)[nH]n3)c3ccccc3n2)c1. The number of aromatic nitrogens is 4. The van der Waals surface area contributed by atoms with Crippen LogP contribution in [0.4, 0.5) is 16.4 Å². The summed E-state index contributed by atoms with van der Waals surface area (Å²) in [4.78, 5) is 21.9. The van der Waals surface area contributed by atoms with Gasteiger partial charge in [0.15, 0.2) is 11.6 Å². The van der Waals surface area contributed by atoms with Gasteiger partial charge in [-0.1, -0.05) is 24.3 Å². The lowest BCUT2D eigenvalue weighted by Gasteiger charge is -2.10. The summed E-state index contributed by atoms with van der Waals surface area (Å²) in [6.45, 7) is 0. The lowest BCUT2D eigenvalue weighted by Crippen LogP contribution is -2.00. The smallest absolute Gasteiger partial charge is 0.371 e. The fourth-order valence-corrected chi connectivity index (χ4v) is 3.87. The lowest BCUT2D eigenvalue weighted by atomic mass is 10.2. The predicted molar refractivity (Wildman–Crippen MR) is 117 cm³/mol. The number of rotatable bonds is 5. The molecule has 4 aromatic rings. The van der Waals surface area contributed by atoms with Gasteiger partial charge in [-0.25, -0.2) is 14.8 Å². The van der Waals surface area contributed by atoms with E-state index in [1.807, 2.05) is 54.6 Å². The molecule has 1 fully saturated rings. The molecule has 2 aromatic heterocycles. The van der Waals surface area contributed by atoms with Crippen LogP contribution in [0.15, 0.2) is 59.5 Å². The molecule has 1 aliphatic carbocycles. The molecule has 2 heterocycles. The molecule has 2 aromatic carbocycles. The summed E-state index contributed by atoms with van der Waals surface area (Å²) in [7, 11) is 1.37. The van der Waals surface area contributed by atoms with Gasteiger partial charge in [-0.05, 0) is 48.9 Å². The third kappa shape index (κ3) is 3.86. The van der Waals surface area contributed by atoms with Crippen LogP contribution in [-0.4, -0.2) is 32.6 Å². The second-order valence-corrected chi connectivity index (χ2v) is 8.11. The number of thioether (sulfide) groups is 1. The Kier molecular flexibility index (Phi) is 4.84. The monoisotopic (exact) mass is 417 g/mol. The van der Waals surface area contributed by atoms with Crippen LogP contribution >= 0.6 is 11.8 Å². The fraction of sp³-hybridized carbons (Fsp3) is 0.182. The minimum atomic E-state index is -0.362. The Bertz CT molecular complexity index is 1240. The van der Waals surface area contributed by atoms with Crippen molar-refractivity contribution < 1.29 is 9.53 Å². The minimum Gasteiger partial charge on any atom is -0.461 e. The van der Waals surface area contributed by atoms with Crippen LogP contribution in [0.5, 0.6) is 0 Å². The van der Waals surface area contributed by atoms with Gasteiger partial charge in [0, 0.05) is 33.5 Å². The number of carbonyl (C=O) groups is 1. The van der Waals surface area contributed by atoms with E-state index < -0.39 is 0 Å². The number of aromatic amines is 1. The molecule has 0 saturated heterocycles. The Hall–Kier alpha value is -3.39. The molecule has 0 bridgehead atoms. The van der Waals surface area contributed by atoms with E-state index in [4.69, 9.17) is 14.7 Å². The Morgan fingerprint density at radius 3 is 2.83 bits per heavy atom. The van der Waals surface area contributed by atoms with Crippen molar-refractivity contribution in [2.75, 3.05) is 12.4 Å². The molecular formula is C22H19N5O2S. The summed E-state index contributed by atoms with van der Waals surface area (Å²) in [5.41, 5.74) is 2.80. The molecule has 150 valence electrons. The van der Waals surface area contributed by atoms with E-state index in [1.165, 1.54) is 20.0 Å². The number of benzene rings is 2. The average Bonchev–Trinajstić information content (AvgIpc) is 3.52. The number of para-hydroxylation sites is 1. The fourth-order valence-electron chi connectivity index (χ4n) is 3.26. The molecule has 5 rings (SSSR count). The van der Waals surface area contributed by atoms with Crippen molar-refractivity contribution >= 4 is 39.6 Å². The highest BCUT2D eigenvalue weighted by Crippen LogP contribution is 2.40. The van der Waals surface area contributed by atoms with E-state index in [2.05, 4.69) is 15.5 Å². The number of anilines is 2. The number of nitrogens with zero attached hydrogens (tertiary/aromatic N) is 3. The summed E-state index contributed by atoms with van der Waals surface area (Å²) in [5, 5.41) is 11.4. The number of hydrogen-bond donors (Lipinski definition) is 2. The Labute approximate surface area is 177 Å². The summed E-state index contributed by atoms with van der Waals surface area (Å²) >= 11 is 1.03. The average molecular weight is 417 g/mol. The summed E-state index contributed by atoms with van der Waals surface area (Å²) in [6.07, 6.45) is 2.42. The van der Waals surface area contributed by atoms with Gasteiger partial charge in [-0.15, -0.1) is 0 Å². The van der Waals surface area contributed by atoms with E-state index >= 15 is 0 Å². The van der Waals surface area contributed by atoms with Crippen LogP contribution in [0.3, 0.4) is 0 Å². The first-order chi connectivity index (χ1) is 14.7. The molecule has 7 nitrogen and oxygen atoms in total. The van der Waals surface area contributed by atoms with Crippen LogP contribution in [0, 0.1) is 0 Å². The molecule has 0 unspecified atom stereocenters. The van der Waals surface area contributed by atoms with E-state index in [0.717, 1.165) is 44.6 Å². The summed E-state index contributed by atoms with van der Waals surface area (Å²) in [6, 6.07) is 17.4. The second-order valence-electron chi connectivity index (χ2n) is 7.10. The zero-order chi connectivity index (χ0) is 20.5. The highest BCUT2D eigenvalue weighted by molar-refractivity contribution is 8.13. The molecule has 0 amide bonds. The first kappa shape index (κ1) is 18.6. The number of ether oxygens (including phenoxy) is 1. The summed E-state index contributed by atoms with van der Waals surface area (Å²) in [5.74, 6) is 2.60. The molecule has 0 atom stereocenters. The molecule has 8 heteroatoms. The summed E-state index contributed by atoms with van der Waals surface area (Å²) < 4.78 is 4.74. The minimum absolute atomic E-state index is 0.362. The van der Waals surface area contributed by atoms with Crippen LogP contribution in [0.25, 0.3) is 22.3 Å².